The van der Waals surface area contributed by atoms with Gasteiger partial charge in [-0.25, -0.2) is 8.42 Å². The summed E-state index contributed by atoms with van der Waals surface area (Å²) in [6.07, 6.45) is 2.90. The molecule has 0 saturated heterocycles. The quantitative estimate of drug-likeness (QED) is 0.683. The number of halogens is 1. The van der Waals surface area contributed by atoms with Gasteiger partial charge >= 0.3 is 0 Å². The number of ether oxygens (including phenoxy) is 1. The molecular formula is C19H18ClNO4S. The number of sulfone groups is 1. The van der Waals surface area contributed by atoms with Gasteiger partial charge in [0, 0.05) is 41.0 Å². The first-order chi connectivity index (χ1) is 12.2. The van der Waals surface area contributed by atoms with Gasteiger partial charge < -0.3 is 9.30 Å². The highest BCUT2D eigenvalue weighted by atomic mass is 35.5. The molecule has 1 heterocycles. The van der Waals surface area contributed by atoms with Crippen LogP contribution in [0.2, 0.25) is 5.02 Å². The molecule has 26 heavy (non-hydrogen) atoms. The van der Waals surface area contributed by atoms with E-state index in [9.17, 15) is 13.2 Å². The fourth-order valence-electron chi connectivity index (χ4n) is 3.01. The first-order valence-electron chi connectivity index (χ1n) is 7.83. The summed E-state index contributed by atoms with van der Waals surface area (Å²) >= 11 is 6.14. The summed E-state index contributed by atoms with van der Waals surface area (Å²) in [5.74, 6) is 0.510. The Hall–Kier alpha value is -2.31. The van der Waals surface area contributed by atoms with Gasteiger partial charge in [-0.3, -0.25) is 4.79 Å². The number of fused-ring (bicyclic) bond motifs is 1. The van der Waals surface area contributed by atoms with Gasteiger partial charge in [0.2, 0.25) is 0 Å². The topological polar surface area (TPSA) is 65.4 Å². The van der Waals surface area contributed by atoms with Crippen LogP contribution >= 0.6 is 11.6 Å². The Morgan fingerprint density at radius 2 is 1.81 bits per heavy atom. The van der Waals surface area contributed by atoms with Crippen LogP contribution in [0.15, 0.2) is 47.4 Å². The smallest absolute Gasteiger partial charge is 0.258 e. The van der Waals surface area contributed by atoms with Crippen LogP contribution in [0, 0.1) is 0 Å². The molecule has 0 N–H and O–H groups in total. The minimum absolute atomic E-state index is 0.0750. The largest absolute Gasteiger partial charge is 0.496 e. The van der Waals surface area contributed by atoms with E-state index in [1.807, 2.05) is 0 Å². The number of aromatic nitrogens is 1. The molecule has 3 rings (SSSR count). The number of benzene rings is 2. The van der Waals surface area contributed by atoms with E-state index in [4.69, 9.17) is 16.3 Å². The van der Waals surface area contributed by atoms with Crippen molar-refractivity contribution in [3.63, 3.8) is 0 Å². The minimum Gasteiger partial charge on any atom is -0.496 e. The molecule has 0 unspecified atom stereocenters. The average Bonchev–Trinajstić information content (AvgIpc) is 2.56. The van der Waals surface area contributed by atoms with Crippen molar-refractivity contribution in [2.24, 2.45) is 7.05 Å². The van der Waals surface area contributed by atoms with Crippen LogP contribution in [0.25, 0.3) is 21.9 Å². The second-order valence-electron chi connectivity index (χ2n) is 6.25. The maximum atomic E-state index is 12.4. The van der Waals surface area contributed by atoms with Crippen molar-refractivity contribution in [2.75, 3.05) is 13.4 Å². The lowest BCUT2D eigenvalue weighted by Gasteiger charge is -2.14. The van der Waals surface area contributed by atoms with E-state index in [2.05, 4.69) is 0 Å². The first-order valence-corrected chi connectivity index (χ1v) is 10.3. The molecule has 136 valence electrons. The van der Waals surface area contributed by atoms with Gasteiger partial charge in [0.15, 0.2) is 9.84 Å². The lowest BCUT2D eigenvalue weighted by Crippen LogP contribution is -2.16. The first kappa shape index (κ1) is 18.5. The number of pyridine rings is 1. The van der Waals surface area contributed by atoms with E-state index in [1.54, 1.807) is 56.8 Å². The molecule has 0 spiro atoms. The molecule has 0 amide bonds. The zero-order valence-electron chi connectivity index (χ0n) is 14.6. The summed E-state index contributed by atoms with van der Waals surface area (Å²) in [6.45, 7) is 0. The molecule has 3 aromatic rings. The Kier molecular flexibility index (Phi) is 4.82. The molecule has 0 atom stereocenters. The molecule has 0 aliphatic rings. The van der Waals surface area contributed by atoms with E-state index in [-0.39, 0.29) is 11.3 Å². The van der Waals surface area contributed by atoms with Gasteiger partial charge in [-0.05, 0) is 41.3 Å². The number of rotatable bonds is 4. The third-order valence-electron chi connectivity index (χ3n) is 4.13. The third kappa shape index (κ3) is 3.61. The molecule has 1 aromatic heterocycles. The van der Waals surface area contributed by atoms with Gasteiger partial charge in [0.1, 0.15) is 5.75 Å². The minimum atomic E-state index is -3.18. The predicted molar refractivity (Wildman–Crippen MR) is 105 cm³/mol. The maximum Gasteiger partial charge on any atom is 0.258 e. The van der Waals surface area contributed by atoms with Crippen LogP contribution in [0.1, 0.15) is 5.56 Å². The van der Waals surface area contributed by atoms with Crippen LogP contribution < -0.4 is 10.3 Å². The number of nitrogens with zero attached hydrogens (tertiary/aromatic N) is 1. The fourth-order valence-corrected chi connectivity index (χ4v) is 3.97. The molecule has 0 aliphatic carbocycles. The van der Waals surface area contributed by atoms with E-state index < -0.39 is 9.84 Å². The molecular weight excluding hydrogens is 374 g/mol. The van der Waals surface area contributed by atoms with Gasteiger partial charge in [-0.2, -0.15) is 0 Å². The Labute approximate surface area is 156 Å². The van der Waals surface area contributed by atoms with Crippen LogP contribution in [-0.2, 0) is 22.6 Å². The standard InChI is InChI=1S/C19H18ClNO4S/c1-21-10-17(15-9-13(20)5-6-14(15)19(21)22)16-8-12(11-26(3,23)24)4-7-18(16)25-2/h4-10H,11H2,1-3H3. The molecule has 7 heteroatoms. The summed E-state index contributed by atoms with van der Waals surface area (Å²) in [5.41, 5.74) is 1.97. The average molecular weight is 392 g/mol. The Bertz CT molecular complexity index is 1170. The summed E-state index contributed by atoms with van der Waals surface area (Å²) in [6, 6.07) is 10.3. The van der Waals surface area contributed by atoms with Crippen LogP contribution in [0.3, 0.4) is 0 Å². The number of hydrogen-bond acceptors (Lipinski definition) is 4. The van der Waals surface area contributed by atoms with Crippen molar-refractivity contribution in [1.82, 2.24) is 4.57 Å². The highest BCUT2D eigenvalue weighted by molar-refractivity contribution is 7.89. The molecule has 5 nitrogen and oxygen atoms in total. The molecule has 0 bridgehead atoms. The van der Waals surface area contributed by atoms with Crippen molar-refractivity contribution < 1.29 is 13.2 Å². The van der Waals surface area contributed by atoms with E-state index in [1.165, 1.54) is 10.8 Å². The summed E-state index contributed by atoms with van der Waals surface area (Å²) in [7, 11) is 0.0442. The fraction of sp³-hybridized carbons (Fsp3) is 0.211. The second kappa shape index (κ2) is 6.78. The Morgan fingerprint density at radius 1 is 1.08 bits per heavy atom. The van der Waals surface area contributed by atoms with E-state index in [0.29, 0.717) is 32.7 Å². The lowest BCUT2D eigenvalue weighted by atomic mass is 9.98. The summed E-state index contributed by atoms with van der Waals surface area (Å²) in [5, 5.41) is 1.73. The van der Waals surface area contributed by atoms with Gasteiger partial charge in [0.25, 0.3) is 5.56 Å². The zero-order valence-corrected chi connectivity index (χ0v) is 16.2. The van der Waals surface area contributed by atoms with Crippen molar-refractivity contribution in [2.45, 2.75) is 5.75 Å². The Balaban J connectivity index is 2.35. The monoisotopic (exact) mass is 391 g/mol. The lowest BCUT2D eigenvalue weighted by molar-refractivity contribution is 0.416. The van der Waals surface area contributed by atoms with Crippen LogP contribution in [-0.4, -0.2) is 26.4 Å². The van der Waals surface area contributed by atoms with Crippen molar-refractivity contribution in [3.05, 3.63) is 63.5 Å². The molecule has 2 aromatic carbocycles. The maximum absolute atomic E-state index is 12.4. The molecule has 0 radical (unpaired) electrons. The molecule has 0 saturated carbocycles. The number of methoxy groups -OCH3 is 1. The highest BCUT2D eigenvalue weighted by Crippen LogP contribution is 2.36. The molecule has 0 fully saturated rings. The second-order valence-corrected chi connectivity index (χ2v) is 8.83. The Morgan fingerprint density at radius 3 is 2.46 bits per heavy atom. The highest BCUT2D eigenvalue weighted by Gasteiger charge is 2.15. The van der Waals surface area contributed by atoms with Crippen molar-refractivity contribution in [1.29, 1.82) is 0 Å². The number of hydrogen-bond donors (Lipinski definition) is 0. The number of aryl methyl sites for hydroxylation is 1. The van der Waals surface area contributed by atoms with E-state index in [0.717, 1.165) is 5.56 Å². The normalized spacial score (nSPS) is 11.7. The summed E-state index contributed by atoms with van der Waals surface area (Å²) < 4.78 is 30.3. The zero-order chi connectivity index (χ0) is 19.1. The van der Waals surface area contributed by atoms with Crippen molar-refractivity contribution >= 4 is 32.2 Å². The van der Waals surface area contributed by atoms with Gasteiger partial charge in [-0.15, -0.1) is 0 Å². The third-order valence-corrected chi connectivity index (χ3v) is 5.22. The van der Waals surface area contributed by atoms with Gasteiger partial charge in [-0.1, -0.05) is 17.7 Å². The van der Waals surface area contributed by atoms with Crippen molar-refractivity contribution in [3.8, 4) is 16.9 Å². The molecule has 0 aliphatic heterocycles. The van der Waals surface area contributed by atoms with E-state index >= 15 is 0 Å². The van der Waals surface area contributed by atoms with Gasteiger partial charge in [0.05, 0.1) is 12.9 Å². The summed E-state index contributed by atoms with van der Waals surface area (Å²) in [4.78, 5) is 12.4. The van der Waals surface area contributed by atoms with Crippen LogP contribution in [0.4, 0.5) is 0 Å². The predicted octanol–water partition coefficient (Wildman–Crippen LogP) is 3.41. The SMILES string of the molecule is COc1ccc(CS(C)(=O)=O)cc1-c1cn(C)c(=O)c2ccc(Cl)cc12. The van der Waals surface area contributed by atoms with Crippen LogP contribution in [0.5, 0.6) is 5.75 Å².